The number of rotatable bonds is 11. The standard InChI is InChI=1S/C28H31N3O5S/c1-19(30-17-27(32)22-6-4-3-5-7-22)14-21-10-13-25-23(15-21)16-26(28(33)34)31(25)18-20-8-11-24(12-9-20)37(35,36)29-2/h3-13,15-16,19,27,29-30,32H,14,17-18H2,1-2H3,(H,33,34). The molecule has 0 aliphatic rings. The number of sulfonamides is 1. The summed E-state index contributed by atoms with van der Waals surface area (Å²) in [5, 5.41) is 24.4. The van der Waals surface area contributed by atoms with E-state index in [1.165, 1.54) is 19.2 Å². The van der Waals surface area contributed by atoms with Crippen LogP contribution in [0.5, 0.6) is 0 Å². The molecule has 0 fully saturated rings. The lowest BCUT2D eigenvalue weighted by molar-refractivity contribution is 0.0686. The molecule has 0 saturated heterocycles. The smallest absolute Gasteiger partial charge is 0.352 e. The van der Waals surface area contributed by atoms with Gasteiger partial charge in [-0.25, -0.2) is 17.9 Å². The first kappa shape index (κ1) is 26.6. The summed E-state index contributed by atoms with van der Waals surface area (Å²) in [5.41, 5.74) is 3.65. The fraction of sp³-hybridized carbons (Fsp3) is 0.250. The van der Waals surface area contributed by atoms with Gasteiger partial charge in [0.05, 0.1) is 11.0 Å². The van der Waals surface area contributed by atoms with Gasteiger partial charge in [-0.2, -0.15) is 0 Å². The van der Waals surface area contributed by atoms with Crippen LogP contribution < -0.4 is 10.0 Å². The Hall–Kier alpha value is -3.50. The van der Waals surface area contributed by atoms with Crippen molar-refractivity contribution >= 4 is 26.9 Å². The van der Waals surface area contributed by atoms with Gasteiger partial charge < -0.3 is 20.1 Å². The van der Waals surface area contributed by atoms with Gasteiger partial charge in [-0.3, -0.25) is 0 Å². The molecule has 194 valence electrons. The van der Waals surface area contributed by atoms with Crippen LogP contribution in [0.4, 0.5) is 0 Å². The number of fused-ring (bicyclic) bond motifs is 1. The van der Waals surface area contributed by atoms with E-state index in [9.17, 15) is 23.4 Å². The first-order chi connectivity index (χ1) is 17.7. The van der Waals surface area contributed by atoms with Gasteiger partial charge in [-0.1, -0.05) is 48.5 Å². The van der Waals surface area contributed by atoms with Gasteiger partial charge in [0.25, 0.3) is 0 Å². The third-order valence-electron chi connectivity index (χ3n) is 6.41. The molecule has 0 aliphatic heterocycles. The second kappa shape index (κ2) is 11.3. The molecular weight excluding hydrogens is 490 g/mol. The van der Waals surface area contributed by atoms with Gasteiger partial charge in [0, 0.05) is 30.0 Å². The van der Waals surface area contributed by atoms with Gasteiger partial charge in [-0.05, 0) is 67.4 Å². The van der Waals surface area contributed by atoms with Crippen molar-refractivity contribution in [2.75, 3.05) is 13.6 Å². The topological polar surface area (TPSA) is 121 Å². The zero-order valence-electron chi connectivity index (χ0n) is 20.8. The molecule has 9 heteroatoms. The zero-order chi connectivity index (χ0) is 26.6. The van der Waals surface area contributed by atoms with E-state index in [1.807, 2.05) is 55.5 Å². The highest BCUT2D eigenvalue weighted by molar-refractivity contribution is 7.89. The van der Waals surface area contributed by atoms with Crippen molar-refractivity contribution in [1.82, 2.24) is 14.6 Å². The van der Waals surface area contributed by atoms with Crippen LogP contribution in [0.1, 0.15) is 40.2 Å². The number of aliphatic hydroxyl groups is 1. The van der Waals surface area contributed by atoms with Crippen LogP contribution in [-0.4, -0.2) is 48.8 Å². The van der Waals surface area contributed by atoms with E-state index in [0.29, 0.717) is 19.5 Å². The summed E-state index contributed by atoms with van der Waals surface area (Å²) < 4.78 is 28.0. The van der Waals surface area contributed by atoms with E-state index in [1.54, 1.807) is 22.8 Å². The van der Waals surface area contributed by atoms with Crippen LogP contribution in [-0.2, 0) is 23.0 Å². The Balaban J connectivity index is 1.49. The van der Waals surface area contributed by atoms with Gasteiger partial charge in [-0.15, -0.1) is 0 Å². The van der Waals surface area contributed by atoms with Crippen molar-refractivity contribution in [2.24, 2.45) is 0 Å². The second-order valence-electron chi connectivity index (χ2n) is 9.11. The van der Waals surface area contributed by atoms with Crippen LogP contribution in [0.15, 0.2) is 83.8 Å². The highest BCUT2D eigenvalue weighted by Gasteiger charge is 2.17. The monoisotopic (exact) mass is 521 g/mol. The van der Waals surface area contributed by atoms with E-state index in [2.05, 4.69) is 10.0 Å². The SMILES string of the molecule is CNS(=O)(=O)c1ccc(Cn2c(C(=O)O)cc3cc(CC(C)NCC(O)c4ccccc4)ccc32)cc1. The first-order valence-corrected chi connectivity index (χ1v) is 13.5. The van der Waals surface area contributed by atoms with Crippen molar-refractivity contribution in [3.8, 4) is 0 Å². The average Bonchev–Trinajstić information content (AvgIpc) is 3.26. The lowest BCUT2D eigenvalue weighted by atomic mass is 10.0. The summed E-state index contributed by atoms with van der Waals surface area (Å²) in [5.74, 6) is -1.03. The minimum atomic E-state index is -3.54. The molecule has 3 aromatic carbocycles. The van der Waals surface area contributed by atoms with Gasteiger partial charge >= 0.3 is 5.97 Å². The number of nitrogens with zero attached hydrogens (tertiary/aromatic N) is 1. The molecule has 4 aromatic rings. The molecular formula is C28H31N3O5S. The number of benzene rings is 3. The van der Waals surface area contributed by atoms with Crippen molar-refractivity contribution in [3.05, 3.63) is 101 Å². The van der Waals surface area contributed by atoms with E-state index in [4.69, 9.17) is 0 Å². The maximum absolute atomic E-state index is 12.0. The molecule has 4 N–H and O–H groups in total. The fourth-order valence-corrected chi connectivity index (χ4v) is 5.13. The maximum Gasteiger partial charge on any atom is 0.352 e. The van der Waals surface area contributed by atoms with Gasteiger partial charge in [0.15, 0.2) is 0 Å². The normalized spacial score (nSPS) is 13.5. The average molecular weight is 522 g/mol. The summed E-state index contributed by atoms with van der Waals surface area (Å²) in [6.07, 6.45) is 0.123. The predicted octanol–water partition coefficient (Wildman–Crippen LogP) is 3.55. The number of carboxylic acid groups (broad SMARTS) is 1. The third kappa shape index (κ3) is 6.26. The molecule has 1 heterocycles. The van der Waals surface area contributed by atoms with Crippen LogP contribution >= 0.6 is 0 Å². The lowest BCUT2D eigenvalue weighted by Crippen LogP contribution is -2.32. The van der Waals surface area contributed by atoms with E-state index >= 15 is 0 Å². The Morgan fingerprint density at radius 3 is 2.30 bits per heavy atom. The van der Waals surface area contributed by atoms with E-state index in [-0.39, 0.29) is 16.6 Å². The Kier molecular flexibility index (Phi) is 8.09. The molecule has 0 bridgehead atoms. The number of nitrogens with one attached hydrogen (secondary N) is 2. The van der Waals surface area contributed by atoms with Gasteiger partial charge in [0.1, 0.15) is 5.69 Å². The largest absolute Gasteiger partial charge is 0.477 e. The molecule has 0 saturated carbocycles. The highest BCUT2D eigenvalue weighted by Crippen LogP contribution is 2.24. The molecule has 0 radical (unpaired) electrons. The van der Waals surface area contributed by atoms with Crippen molar-refractivity contribution in [1.29, 1.82) is 0 Å². The van der Waals surface area contributed by atoms with Crippen LogP contribution in [0, 0.1) is 0 Å². The van der Waals surface area contributed by atoms with Crippen molar-refractivity contribution < 1.29 is 23.4 Å². The Bertz CT molecular complexity index is 1480. The molecule has 0 aliphatic carbocycles. The Morgan fingerprint density at radius 1 is 0.973 bits per heavy atom. The number of aliphatic hydroxyl groups excluding tert-OH is 1. The van der Waals surface area contributed by atoms with E-state index < -0.39 is 22.1 Å². The van der Waals surface area contributed by atoms with E-state index in [0.717, 1.165) is 27.6 Å². The quantitative estimate of drug-likeness (QED) is 0.240. The molecule has 0 spiro atoms. The molecule has 1 aromatic heterocycles. The number of aromatic carboxylic acids is 1. The molecule has 2 unspecified atom stereocenters. The second-order valence-corrected chi connectivity index (χ2v) is 11.0. The van der Waals surface area contributed by atoms with Crippen LogP contribution in [0.3, 0.4) is 0 Å². The summed E-state index contributed by atoms with van der Waals surface area (Å²) >= 11 is 0. The minimum Gasteiger partial charge on any atom is -0.477 e. The third-order valence-corrected chi connectivity index (χ3v) is 7.84. The lowest BCUT2D eigenvalue weighted by Gasteiger charge is -2.18. The number of carboxylic acids is 1. The number of carbonyl (C=O) groups is 1. The van der Waals surface area contributed by atoms with Crippen LogP contribution in [0.2, 0.25) is 0 Å². The highest BCUT2D eigenvalue weighted by atomic mass is 32.2. The summed E-state index contributed by atoms with van der Waals surface area (Å²) in [7, 11) is -2.19. The fourth-order valence-electron chi connectivity index (χ4n) is 4.40. The summed E-state index contributed by atoms with van der Waals surface area (Å²) in [4.78, 5) is 12.1. The molecule has 2 atom stereocenters. The molecule has 0 amide bonds. The first-order valence-electron chi connectivity index (χ1n) is 12.0. The Labute approximate surface area is 216 Å². The van der Waals surface area contributed by atoms with Crippen molar-refractivity contribution in [3.63, 3.8) is 0 Å². The molecule has 37 heavy (non-hydrogen) atoms. The minimum absolute atomic E-state index is 0.101. The van der Waals surface area contributed by atoms with Crippen LogP contribution in [0.25, 0.3) is 10.9 Å². The number of hydrogen-bond acceptors (Lipinski definition) is 5. The molecule has 4 rings (SSSR count). The number of aromatic nitrogens is 1. The zero-order valence-corrected chi connectivity index (χ0v) is 21.6. The summed E-state index contributed by atoms with van der Waals surface area (Å²) in [6, 6.07) is 23.6. The maximum atomic E-state index is 12.0. The summed E-state index contributed by atoms with van der Waals surface area (Å²) in [6.45, 7) is 2.77. The predicted molar refractivity (Wildman–Crippen MR) is 143 cm³/mol. The van der Waals surface area contributed by atoms with Crippen molar-refractivity contribution in [2.45, 2.75) is 36.9 Å². The van der Waals surface area contributed by atoms with Gasteiger partial charge in [0.2, 0.25) is 10.0 Å². The Morgan fingerprint density at radius 2 is 1.65 bits per heavy atom. The number of hydrogen-bond donors (Lipinski definition) is 4. The molecule has 8 nitrogen and oxygen atoms in total.